The van der Waals surface area contributed by atoms with Crippen LogP contribution in [0.15, 0.2) is 15.9 Å². The zero-order valence-electron chi connectivity index (χ0n) is 7.38. The average Bonchev–Trinajstić information content (AvgIpc) is 2.71. The second kappa shape index (κ2) is 4.31. The molecule has 0 amide bonds. The molecule has 0 saturated carbocycles. The van der Waals surface area contributed by atoms with Crippen LogP contribution in [-0.4, -0.2) is 4.98 Å². The molecule has 14 heavy (non-hydrogen) atoms. The van der Waals surface area contributed by atoms with Crippen LogP contribution in [0.5, 0.6) is 0 Å². The van der Waals surface area contributed by atoms with Crippen LogP contribution >= 0.6 is 50.2 Å². The molecule has 0 bridgehead atoms. The summed E-state index contributed by atoms with van der Waals surface area (Å²) in [5.41, 5.74) is 1.05. The van der Waals surface area contributed by atoms with Gasteiger partial charge in [-0.2, -0.15) is 0 Å². The Hall–Kier alpha value is 0.1000. The third kappa shape index (κ3) is 2.03. The fourth-order valence-electron chi connectivity index (χ4n) is 1.09. The Balaban J connectivity index is 2.42. The quantitative estimate of drug-likeness (QED) is 0.734. The van der Waals surface area contributed by atoms with Gasteiger partial charge in [-0.15, -0.1) is 34.3 Å². The Morgan fingerprint density at radius 3 is 2.71 bits per heavy atom. The molecule has 0 spiro atoms. The third-order valence-electron chi connectivity index (χ3n) is 1.80. The smallest absolute Gasteiger partial charge is 0.133 e. The van der Waals surface area contributed by atoms with Gasteiger partial charge in [0.05, 0.1) is 20.2 Å². The number of thiophene rings is 1. The molecule has 0 unspecified atom stereocenters. The number of hydrogen-bond acceptors (Lipinski definition) is 3. The summed E-state index contributed by atoms with van der Waals surface area (Å²) in [6.07, 6.45) is 0. The highest BCUT2D eigenvalue weighted by Crippen LogP contribution is 2.35. The maximum Gasteiger partial charge on any atom is 0.133 e. The van der Waals surface area contributed by atoms with E-state index < -0.39 is 0 Å². The van der Waals surface area contributed by atoms with E-state index in [4.69, 9.17) is 11.6 Å². The van der Waals surface area contributed by atoms with Crippen LogP contribution in [0.4, 0.5) is 0 Å². The molecule has 5 heteroatoms. The first-order valence-electron chi connectivity index (χ1n) is 3.98. The molecule has 2 rings (SSSR count). The highest BCUT2D eigenvalue weighted by Gasteiger charge is 2.09. The van der Waals surface area contributed by atoms with E-state index in [1.807, 2.05) is 13.0 Å². The summed E-state index contributed by atoms with van der Waals surface area (Å²) < 4.78 is 1.13. The molecule has 2 aromatic rings. The second-order valence-electron chi connectivity index (χ2n) is 2.76. The van der Waals surface area contributed by atoms with Crippen molar-refractivity contribution in [3.8, 4) is 9.88 Å². The molecule has 0 saturated heterocycles. The lowest BCUT2D eigenvalue weighted by Crippen LogP contribution is -1.75. The van der Waals surface area contributed by atoms with Gasteiger partial charge in [-0.05, 0) is 35.0 Å². The maximum atomic E-state index is 5.80. The van der Waals surface area contributed by atoms with Crippen LogP contribution in [-0.2, 0) is 5.88 Å². The van der Waals surface area contributed by atoms with E-state index in [0.29, 0.717) is 5.88 Å². The maximum absolute atomic E-state index is 5.80. The van der Waals surface area contributed by atoms with Crippen molar-refractivity contribution in [1.29, 1.82) is 0 Å². The van der Waals surface area contributed by atoms with Crippen molar-refractivity contribution in [2.24, 2.45) is 0 Å². The van der Waals surface area contributed by atoms with Gasteiger partial charge in [0, 0.05) is 4.88 Å². The van der Waals surface area contributed by atoms with Crippen LogP contribution in [0.2, 0.25) is 0 Å². The van der Waals surface area contributed by atoms with Crippen molar-refractivity contribution >= 4 is 50.2 Å². The summed E-state index contributed by atoms with van der Waals surface area (Å²) >= 11 is 12.6. The van der Waals surface area contributed by atoms with Crippen LogP contribution in [0.25, 0.3) is 9.88 Å². The zero-order chi connectivity index (χ0) is 10.1. The van der Waals surface area contributed by atoms with Crippen molar-refractivity contribution < 1.29 is 0 Å². The van der Waals surface area contributed by atoms with Gasteiger partial charge in [0.2, 0.25) is 0 Å². The van der Waals surface area contributed by atoms with E-state index >= 15 is 0 Å². The largest absolute Gasteiger partial charge is 0.240 e. The molecule has 0 aliphatic heterocycles. The van der Waals surface area contributed by atoms with Crippen molar-refractivity contribution in [2.45, 2.75) is 12.8 Å². The Labute approximate surface area is 104 Å². The van der Waals surface area contributed by atoms with Gasteiger partial charge in [-0.1, -0.05) is 0 Å². The Bertz CT molecular complexity index is 449. The summed E-state index contributed by atoms with van der Waals surface area (Å²) in [4.78, 5) is 6.84. The Morgan fingerprint density at radius 2 is 2.21 bits per heavy atom. The van der Waals surface area contributed by atoms with Crippen LogP contribution in [0.1, 0.15) is 10.6 Å². The summed E-state index contributed by atoms with van der Waals surface area (Å²) in [7, 11) is 0. The SMILES string of the molecule is Cc1nc(-c2ccc(Br)s2)sc1CCl. The molecular formula is C9H7BrClNS2. The van der Waals surface area contributed by atoms with E-state index in [9.17, 15) is 0 Å². The molecule has 0 radical (unpaired) electrons. The van der Waals surface area contributed by atoms with E-state index in [-0.39, 0.29) is 0 Å². The van der Waals surface area contributed by atoms with Gasteiger partial charge >= 0.3 is 0 Å². The van der Waals surface area contributed by atoms with E-state index in [1.54, 1.807) is 22.7 Å². The van der Waals surface area contributed by atoms with E-state index in [2.05, 4.69) is 27.0 Å². The first-order valence-corrected chi connectivity index (χ1v) is 6.94. The van der Waals surface area contributed by atoms with E-state index in [0.717, 1.165) is 19.4 Å². The van der Waals surface area contributed by atoms with Crippen molar-refractivity contribution in [2.75, 3.05) is 0 Å². The second-order valence-corrected chi connectivity index (χ2v) is 6.58. The molecule has 0 aromatic carbocycles. The average molecular weight is 309 g/mol. The first kappa shape index (κ1) is 10.6. The lowest BCUT2D eigenvalue weighted by Gasteiger charge is -1.85. The minimum Gasteiger partial charge on any atom is -0.240 e. The lowest BCUT2D eigenvalue weighted by molar-refractivity contribution is 1.22. The summed E-state index contributed by atoms with van der Waals surface area (Å²) in [5.74, 6) is 0.552. The first-order chi connectivity index (χ1) is 6.70. The third-order valence-corrected chi connectivity index (χ3v) is 5.17. The predicted octanol–water partition coefficient (Wildman–Crippen LogP) is 4.68. The van der Waals surface area contributed by atoms with Crippen molar-refractivity contribution in [3.05, 3.63) is 26.5 Å². The molecule has 2 heterocycles. The number of hydrogen-bond donors (Lipinski definition) is 0. The molecule has 0 aliphatic rings. The molecule has 0 aliphatic carbocycles. The number of thiazole rings is 1. The topological polar surface area (TPSA) is 12.9 Å². The van der Waals surface area contributed by atoms with E-state index in [1.165, 1.54) is 4.88 Å². The Morgan fingerprint density at radius 1 is 1.43 bits per heavy atom. The fourth-order valence-corrected chi connectivity index (χ4v) is 3.80. The monoisotopic (exact) mass is 307 g/mol. The summed E-state index contributed by atoms with van der Waals surface area (Å²) in [6.45, 7) is 2.00. The van der Waals surface area contributed by atoms with Gasteiger partial charge < -0.3 is 0 Å². The van der Waals surface area contributed by atoms with Crippen molar-refractivity contribution in [1.82, 2.24) is 4.98 Å². The number of halogens is 2. The van der Waals surface area contributed by atoms with Gasteiger partial charge in [0.1, 0.15) is 5.01 Å². The van der Waals surface area contributed by atoms with Crippen molar-refractivity contribution in [3.63, 3.8) is 0 Å². The highest BCUT2D eigenvalue weighted by molar-refractivity contribution is 9.11. The molecule has 0 N–H and O–H groups in total. The normalized spacial score (nSPS) is 10.8. The number of rotatable bonds is 2. The van der Waals surface area contributed by atoms with Crippen LogP contribution < -0.4 is 0 Å². The lowest BCUT2D eigenvalue weighted by atomic mass is 10.4. The number of alkyl halides is 1. The molecule has 0 atom stereocenters. The fraction of sp³-hybridized carbons (Fsp3) is 0.222. The summed E-state index contributed by atoms with van der Waals surface area (Å²) in [5, 5.41) is 1.06. The molecule has 2 aromatic heterocycles. The minimum absolute atomic E-state index is 0.552. The molecule has 0 fully saturated rings. The predicted molar refractivity (Wildman–Crippen MR) is 67.4 cm³/mol. The minimum atomic E-state index is 0.552. The van der Waals surface area contributed by atoms with Gasteiger partial charge in [0.15, 0.2) is 0 Å². The van der Waals surface area contributed by atoms with Gasteiger partial charge in [-0.3, -0.25) is 0 Å². The molecule has 1 nitrogen and oxygen atoms in total. The van der Waals surface area contributed by atoms with Crippen LogP contribution in [0, 0.1) is 6.92 Å². The highest BCUT2D eigenvalue weighted by atomic mass is 79.9. The summed E-state index contributed by atoms with van der Waals surface area (Å²) in [6, 6.07) is 4.11. The van der Waals surface area contributed by atoms with Gasteiger partial charge in [-0.25, -0.2) is 4.98 Å². The standard InChI is InChI=1S/C9H7BrClNS2/c1-5-7(4-11)14-9(12-5)6-2-3-8(10)13-6/h2-3H,4H2,1H3. The van der Waals surface area contributed by atoms with Gasteiger partial charge in [0.25, 0.3) is 0 Å². The Kier molecular flexibility index (Phi) is 3.27. The number of aromatic nitrogens is 1. The van der Waals surface area contributed by atoms with Crippen LogP contribution in [0.3, 0.4) is 0 Å². The number of nitrogens with zero attached hydrogens (tertiary/aromatic N) is 1. The zero-order valence-corrected chi connectivity index (χ0v) is 11.4. The molecule has 74 valence electrons. The molecular weight excluding hydrogens is 302 g/mol. The number of aryl methyl sites for hydroxylation is 1.